The summed E-state index contributed by atoms with van der Waals surface area (Å²) in [5, 5.41) is 9.39. The molecule has 1 saturated carbocycles. The summed E-state index contributed by atoms with van der Waals surface area (Å²) in [4.78, 5) is 0. The molecule has 0 unspecified atom stereocenters. The predicted molar refractivity (Wildman–Crippen MR) is 46.9 cm³/mol. The molecule has 0 radical (unpaired) electrons. The van der Waals surface area contributed by atoms with Gasteiger partial charge in [-0.3, -0.25) is 0 Å². The van der Waals surface area contributed by atoms with Gasteiger partial charge >= 0.3 is 0 Å². The van der Waals surface area contributed by atoms with Crippen molar-refractivity contribution in [2.24, 2.45) is 5.41 Å². The van der Waals surface area contributed by atoms with Crippen molar-refractivity contribution in [3.05, 3.63) is 0 Å². The van der Waals surface area contributed by atoms with Gasteiger partial charge in [0, 0.05) is 5.41 Å². The summed E-state index contributed by atoms with van der Waals surface area (Å²) in [7, 11) is 0. The van der Waals surface area contributed by atoms with Crippen LogP contribution in [0.4, 0.5) is 0 Å². The van der Waals surface area contributed by atoms with Gasteiger partial charge in [-0.05, 0) is 26.2 Å². The van der Waals surface area contributed by atoms with E-state index in [1.165, 1.54) is 19.3 Å². The zero-order chi connectivity index (χ0) is 8.60. The summed E-state index contributed by atoms with van der Waals surface area (Å²) in [6, 6.07) is 0. The largest absolute Gasteiger partial charge is 0.396 e. The first-order valence-electron chi connectivity index (χ1n) is 5.03. The van der Waals surface area contributed by atoms with Gasteiger partial charge in [-0.2, -0.15) is 0 Å². The van der Waals surface area contributed by atoms with Crippen LogP contribution >= 0.6 is 0 Å². The van der Waals surface area contributed by atoms with Gasteiger partial charge in [-0.1, -0.05) is 12.8 Å². The average Bonchev–Trinajstić information content (AvgIpc) is 2.41. The lowest BCUT2D eigenvalue weighted by Crippen LogP contribution is -2.37. The maximum Gasteiger partial charge on any atom is 0.0657 e. The van der Waals surface area contributed by atoms with Crippen LogP contribution < -0.4 is 0 Å². The van der Waals surface area contributed by atoms with Gasteiger partial charge in [0.15, 0.2) is 0 Å². The van der Waals surface area contributed by atoms with E-state index < -0.39 is 0 Å². The SMILES string of the molecule is C[C@@H]1C[C@@]2(CO)CCCC[C@H]2O1. The minimum absolute atomic E-state index is 0.137. The Morgan fingerprint density at radius 3 is 3.00 bits per heavy atom. The molecule has 1 aliphatic carbocycles. The van der Waals surface area contributed by atoms with E-state index >= 15 is 0 Å². The van der Waals surface area contributed by atoms with Crippen LogP contribution in [0.1, 0.15) is 39.0 Å². The molecular formula is C10H18O2. The summed E-state index contributed by atoms with van der Waals surface area (Å²) in [5.41, 5.74) is 0.137. The smallest absolute Gasteiger partial charge is 0.0657 e. The molecule has 1 heterocycles. The number of hydrogen-bond donors (Lipinski definition) is 1. The molecule has 0 aromatic carbocycles. The first-order valence-corrected chi connectivity index (χ1v) is 5.03. The molecule has 2 rings (SSSR count). The van der Waals surface area contributed by atoms with Gasteiger partial charge in [0.2, 0.25) is 0 Å². The minimum Gasteiger partial charge on any atom is -0.396 e. The predicted octanol–water partition coefficient (Wildman–Crippen LogP) is 1.72. The number of aliphatic hydroxyl groups excluding tert-OH is 1. The van der Waals surface area contributed by atoms with Crippen molar-refractivity contribution in [3.63, 3.8) is 0 Å². The molecule has 3 atom stereocenters. The maximum atomic E-state index is 9.39. The summed E-state index contributed by atoms with van der Waals surface area (Å²) in [6.45, 7) is 2.44. The van der Waals surface area contributed by atoms with E-state index in [0.29, 0.717) is 18.8 Å². The molecule has 70 valence electrons. The van der Waals surface area contributed by atoms with E-state index in [1.807, 2.05) is 0 Å². The number of ether oxygens (including phenoxy) is 1. The molecule has 0 aromatic heterocycles. The minimum atomic E-state index is 0.137. The lowest BCUT2D eigenvalue weighted by atomic mass is 9.71. The highest BCUT2D eigenvalue weighted by Crippen LogP contribution is 2.47. The second kappa shape index (κ2) is 3.00. The molecule has 12 heavy (non-hydrogen) atoms. The third-order valence-electron chi connectivity index (χ3n) is 3.48. The maximum absolute atomic E-state index is 9.39. The van der Waals surface area contributed by atoms with Crippen LogP contribution in [0.5, 0.6) is 0 Å². The summed E-state index contributed by atoms with van der Waals surface area (Å²) in [6.07, 6.45) is 6.65. The Morgan fingerprint density at radius 2 is 2.33 bits per heavy atom. The van der Waals surface area contributed by atoms with Crippen LogP contribution in [0.25, 0.3) is 0 Å². The molecule has 0 spiro atoms. The van der Waals surface area contributed by atoms with Crippen LogP contribution in [0, 0.1) is 5.41 Å². The second-order valence-electron chi connectivity index (χ2n) is 4.41. The van der Waals surface area contributed by atoms with E-state index in [-0.39, 0.29) is 5.41 Å². The van der Waals surface area contributed by atoms with E-state index in [1.54, 1.807) is 0 Å². The highest BCUT2D eigenvalue weighted by molar-refractivity contribution is 4.96. The molecule has 0 aromatic rings. The van der Waals surface area contributed by atoms with Crippen molar-refractivity contribution < 1.29 is 9.84 Å². The lowest BCUT2D eigenvalue weighted by Gasteiger charge is -2.36. The first kappa shape index (κ1) is 8.52. The Balaban J connectivity index is 2.14. The van der Waals surface area contributed by atoms with Gasteiger partial charge in [-0.25, -0.2) is 0 Å². The van der Waals surface area contributed by atoms with E-state index in [0.717, 1.165) is 12.8 Å². The molecule has 1 saturated heterocycles. The standard InChI is InChI=1S/C10H18O2/c1-8-6-10(7-11)5-3-2-4-9(10)12-8/h8-9,11H,2-7H2,1H3/t8-,9-,10-/m1/s1. The van der Waals surface area contributed by atoms with E-state index in [9.17, 15) is 5.11 Å². The van der Waals surface area contributed by atoms with Crippen LogP contribution in [0.3, 0.4) is 0 Å². The number of aliphatic hydroxyl groups is 1. The second-order valence-corrected chi connectivity index (χ2v) is 4.41. The fourth-order valence-corrected chi connectivity index (χ4v) is 2.87. The van der Waals surface area contributed by atoms with Crippen LogP contribution in [-0.2, 0) is 4.74 Å². The van der Waals surface area contributed by atoms with Crippen LogP contribution in [0.15, 0.2) is 0 Å². The number of fused-ring (bicyclic) bond motifs is 1. The molecular weight excluding hydrogens is 152 g/mol. The molecule has 2 heteroatoms. The first-order chi connectivity index (χ1) is 5.77. The Morgan fingerprint density at radius 1 is 1.50 bits per heavy atom. The highest BCUT2D eigenvalue weighted by atomic mass is 16.5. The van der Waals surface area contributed by atoms with Crippen LogP contribution in [-0.4, -0.2) is 23.9 Å². The van der Waals surface area contributed by atoms with Crippen molar-refractivity contribution in [3.8, 4) is 0 Å². The van der Waals surface area contributed by atoms with Crippen LogP contribution in [0.2, 0.25) is 0 Å². The van der Waals surface area contributed by atoms with Crippen molar-refractivity contribution in [1.82, 2.24) is 0 Å². The average molecular weight is 170 g/mol. The molecule has 2 fully saturated rings. The molecule has 1 aliphatic heterocycles. The fraction of sp³-hybridized carbons (Fsp3) is 1.00. The topological polar surface area (TPSA) is 29.5 Å². The summed E-state index contributed by atoms with van der Waals surface area (Å²) >= 11 is 0. The Bertz CT molecular complexity index is 169. The molecule has 1 N–H and O–H groups in total. The van der Waals surface area contributed by atoms with Gasteiger partial charge < -0.3 is 9.84 Å². The highest BCUT2D eigenvalue weighted by Gasteiger charge is 2.47. The van der Waals surface area contributed by atoms with Crippen molar-refractivity contribution in [2.75, 3.05) is 6.61 Å². The quantitative estimate of drug-likeness (QED) is 0.649. The molecule has 0 amide bonds. The zero-order valence-corrected chi connectivity index (χ0v) is 7.75. The van der Waals surface area contributed by atoms with Gasteiger partial charge in [0.05, 0.1) is 18.8 Å². The monoisotopic (exact) mass is 170 g/mol. The van der Waals surface area contributed by atoms with E-state index in [4.69, 9.17) is 4.74 Å². The van der Waals surface area contributed by atoms with Gasteiger partial charge in [0.1, 0.15) is 0 Å². The van der Waals surface area contributed by atoms with Crippen molar-refractivity contribution in [2.45, 2.75) is 51.2 Å². The number of hydrogen-bond acceptors (Lipinski definition) is 2. The summed E-state index contributed by atoms with van der Waals surface area (Å²) < 4.78 is 5.80. The van der Waals surface area contributed by atoms with Gasteiger partial charge in [0.25, 0.3) is 0 Å². The Labute approximate surface area is 73.9 Å². The third kappa shape index (κ3) is 1.17. The van der Waals surface area contributed by atoms with Crippen molar-refractivity contribution >= 4 is 0 Å². The molecule has 2 aliphatic rings. The zero-order valence-electron chi connectivity index (χ0n) is 7.75. The Kier molecular flexibility index (Phi) is 2.13. The Hall–Kier alpha value is -0.0800. The van der Waals surface area contributed by atoms with Gasteiger partial charge in [-0.15, -0.1) is 0 Å². The van der Waals surface area contributed by atoms with E-state index in [2.05, 4.69) is 6.92 Å². The third-order valence-corrected chi connectivity index (χ3v) is 3.48. The summed E-state index contributed by atoms with van der Waals surface area (Å²) in [5.74, 6) is 0. The van der Waals surface area contributed by atoms with Crippen molar-refractivity contribution in [1.29, 1.82) is 0 Å². The molecule has 2 nitrogen and oxygen atoms in total. The number of rotatable bonds is 1. The fourth-order valence-electron chi connectivity index (χ4n) is 2.87. The lowest BCUT2D eigenvalue weighted by molar-refractivity contribution is -0.0286. The normalized spacial score (nSPS) is 47.5. The molecule has 0 bridgehead atoms.